The average Bonchev–Trinajstić information content (AvgIpc) is 2.32. The molecule has 3 N–H and O–H groups in total. The minimum atomic E-state index is -3.97. The Morgan fingerprint density at radius 3 is 2.15 bits per heavy atom. The van der Waals surface area contributed by atoms with Gasteiger partial charge in [0, 0.05) is 10.0 Å². The first-order chi connectivity index (χ1) is 9.20. The van der Waals surface area contributed by atoms with E-state index < -0.39 is 35.0 Å². The zero-order valence-electron chi connectivity index (χ0n) is 9.89. The second kappa shape index (κ2) is 6.89. The van der Waals surface area contributed by atoms with Crippen LogP contribution in [0, 0.1) is 0 Å². The Kier molecular flexibility index (Phi) is 5.75. The normalized spacial score (nSPS) is 11.1. The van der Waals surface area contributed by atoms with Crippen molar-refractivity contribution < 1.29 is 23.1 Å². The highest BCUT2D eigenvalue weighted by molar-refractivity contribution is 7.89. The van der Waals surface area contributed by atoms with E-state index in [1.54, 1.807) is 0 Å². The van der Waals surface area contributed by atoms with Crippen LogP contribution in [-0.2, 0) is 19.6 Å². The van der Waals surface area contributed by atoms with Crippen LogP contribution in [0.3, 0.4) is 0 Å². The molecule has 0 unspecified atom stereocenters. The van der Waals surface area contributed by atoms with Crippen molar-refractivity contribution in [3.8, 4) is 0 Å². The predicted octanol–water partition coefficient (Wildman–Crippen LogP) is 0.473. The molecule has 0 aromatic heterocycles. The van der Waals surface area contributed by atoms with Gasteiger partial charge in [-0.05, 0) is 18.2 Å². The lowest BCUT2D eigenvalue weighted by Gasteiger charge is -2.07. The van der Waals surface area contributed by atoms with Crippen molar-refractivity contribution in [2.45, 2.75) is 4.90 Å². The van der Waals surface area contributed by atoms with Crippen molar-refractivity contribution in [2.75, 3.05) is 13.1 Å². The summed E-state index contributed by atoms with van der Waals surface area (Å²) in [5.41, 5.74) is 0. The standard InChI is InChI=1S/C10H10Cl2N2O5S/c11-6-1-7(12)3-8(2-6)20(18,19)14-4-9(15)13-5-10(16)17/h1-3,14H,4-5H2,(H,13,15)(H,16,17). The van der Waals surface area contributed by atoms with Crippen LogP contribution in [0.2, 0.25) is 10.0 Å². The first-order valence-corrected chi connectivity index (χ1v) is 7.39. The number of hydrogen-bond donors (Lipinski definition) is 3. The second-order valence-corrected chi connectivity index (χ2v) is 6.24. The molecule has 1 amide bonds. The molecule has 0 radical (unpaired) electrons. The van der Waals surface area contributed by atoms with Gasteiger partial charge in [0.15, 0.2) is 0 Å². The Hall–Kier alpha value is -1.35. The van der Waals surface area contributed by atoms with E-state index in [0.717, 1.165) is 0 Å². The van der Waals surface area contributed by atoms with E-state index in [0.29, 0.717) is 0 Å². The molecule has 0 fully saturated rings. The lowest BCUT2D eigenvalue weighted by Crippen LogP contribution is -2.38. The molecule has 110 valence electrons. The highest BCUT2D eigenvalue weighted by Crippen LogP contribution is 2.21. The number of nitrogens with one attached hydrogen (secondary N) is 2. The summed E-state index contributed by atoms with van der Waals surface area (Å²) in [7, 11) is -3.97. The van der Waals surface area contributed by atoms with Gasteiger partial charge in [-0.3, -0.25) is 9.59 Å². The predicted molar refractivity (Wildman–Crippen MR) is 72.3 cm³/mol. The van der Waals surface area contributed by atoms with Crippen LogP contribution in [0.15, 0.2) is 23.1 Å². The summed E-state index contributed by atoms with van der Waals surface area (Å²) < 4.78 is 25.7. The lowest BCUT2D eigenvalue weighted by molar-refractivity contribution is -0.137. The van der Waals surface area contributed by atoms with Crippen molar-refractivity contribution in [3.63, 3.8) is 0 Å². The molecule has 0 aliphatic carbocycles. The molecule has 0 aliphatic rings. The van der Waals surface area contributed by atoms with Crippen LogP contribution < -0.4 is 10.0 Å². The zero-order valence-corrected chi connectivity index (χ0v) is 12.2. The summed E-state index contributed by atoms with van der Waals surface area (Å²) in [6.45, 7) is -1.19. The molecule has 0 spiro atoms. The molecule has 0 heterocycles. The highest BCUT2D eigenvalue weighted by Gasteiger charge is 2.17. The van der Waals surface area contributed by atoms with Gasteiger partial charge in [-0.15, -0.1) is 0 Å². The maximum absolute atomic E-state index is 11.9. The monoisotopic (exact) mass is 340 g/mol. The molecule has 0 bridgehead atoms. The lowest BCUT2D eigenvalue weighted by atomic mass is 10.4. The van der Waals surface area contributed by atoms with E-state index in [-0.39, 0.29) is 14.9 Å². The molecule has 1 aromatic rings. The fourth-order valence-corrected chi connectivity index (χ4v) is 2.87. The Morgan fingerprint density at radius 1 is 1.10 bits per heavy atom. The van der Waals surface area contributed by atoms with Crippen LogP contribution in [0.1, 0.15) is 0 Å². The number of aliphatic carboxylic acids is 1. The first kappa shape index (κ1) is 16.7. The number of benzene rings is 1. The van der Waals surface area contributed by atoms with Crippen LogP contribution >= 0.6 is 23.2 Å². The molecule has 1 aromatic carbocycles. The van der Waals surface area contributed by atoms with Gasteiger partial charge < -0.3 is 10.4 Å². The number of hydrogen-bond acceptors (Lipinski definition) is 4. The zero-order chi connectivity index (χ0) is 15.3. The van der Waals surface area contributed by atoms with Crippen molar-refractivity contribution in [1.29, 1.82) is 0 Å². The number of carbonyl (C=O) groups is 2. The average molecular weight is 341 g/mol. The maximum Gasteiger partial charge on any atom is 0.322 e. The molecule has 1 rings (SSSR count). The van der Waals surface area contributed by atoms with Gasteiger partial charge in [0.25, 0.3) is 0 Å². The maximum atomic E-state index is 11.9. The molecular formula is C10H10Cl2N2O5S. The Balaban J connectivity index is 2.70. The van der Waals surface area contributed by atoms with Gasteiger partial charge in [0.2, 0.25) is 15.9 Å². The van der Waals surface area contributed by atoms with E-state index >= 15 is 0 Å². The summed E-state index contributed by atoms with van der Waals surface area (Å²) in [6, 6.07) is 3.71. The van der Waals surface area contributed by atoms with Gasteiger partial charge in [0.05, 0.1) is 11.4 Å². The Labute approximate surface area is 124 Å². The van der Waals surface area contributed by atoms with Crippen molar-refractivity contribution in [1.82, 2.24) is 10.0 Å². The topological polar surface area (TPSA) is 113 Å². The molecular weight excluding hydrogens is 331 g/mol. The van der Waals surface area contributed by atoms with Gasteiger partial charge >= 0.3 is 5.97 Å². The Morgan fingerprint density at radius 2 is 1.65 bits per heavy atom. The number of halogens is 2. The summed E-state index contributed by atoms with van der Waals surface area (Å²) in [5.74, 6) is -2.01. The van der Waals surface area contributed by atoms with Crippen LogP contribution in [0.25, 0.3) is 0 Å². The minimum absolute atomic E-state index is 0.133. The molecule has 10 heteroatoms. The number of carbonyl (C=O) groups excluding carboxylic acids is 1. The van der Waals surface area contributed by atoms with E-state index in [1.165, 1.54) is 18.2 Å². The molecule has 0 aliphatic heterocycles. The number of amides is 1. The number of carboxylic acids is 1. The third-order valence-electron chi connectivity index (χ3n) is 2.01. The van der Waals surface area contributed by atoms with E-state index in [4.69, 9.17) is 28.3 Å². The number of rotatable bonds is 6. The molecule has 0 saturated heterocycles. The smallest absolute Gasteiger partial charge is 0.322 e. The van der Waals surface area contributed by atoms with E-state index in [9.17, 15) is 18.0 Å². The van der Waals surface area contributed by atoms with Crippen LogP contribution in [0.4, 0.5) is 0 Å². The third-order valence-corrected chi connectivity index (χ3v) is 3.82. The quantitative estimate of drug-likeness (QED) is 0.696. The van der Waals surface area contributed by atoms with Gasteiger partial charge in [-0.25, -0.2) is 13.1 Å². The molecule has 7 nitrogen and oxygen atoms in total. The largest absolute Gasteiger partial charge is 0.480 e. The fraction of sp³-hybridized carbons (Fsp3) is 0.200. The second-order valence-electron chi connectivity index (χ2n) is 3.60. The van der Waals surface area contributed by atoms with Crippen molar-refractivity contribution in [3.05, 3.63) is 28.2 Å². The Bertz CT molecular complexity index is 612. The van der Waals surface area contributed by atoms with Crippen molar-refractivity contribution >= 4 is 45.1 Å². The van der Waals surface area contributed by atoms with Gasteiger partial charge in [0.1, 0.15) is 6.54 Å². The minimum Gasteiger partial charge on any atom is -0.480 e. The fourth-order valence-electron chi connectivity index (χ4n) is 1.16. The highest BCUT2D eigenvalue weighted by atomic mass is 35.5. The van der Waals surface area contributed by atoms with Crippen LogP contribution in [-0.4, -0.2) is 38.5 Å². The third kappa shape index (κ3) is 5.33. The number of sulfonamides is 1. The van der Waals surface area contributed by atoms with Crippen LogP contribution in [0.5, 0.6) is 0 Å². The number of carboxylic acid groups (broad SMARTS) is 1. The van der Waals surface area contributed by atoms with E-state index in [1.807, 2.05) is 10.0 Å². The SMILES string of the molecule is O=C(O)CNC(=O)CNS(=O)(=O)c1cc(Cl)cc(Cl)c1. The molecule has 0 saturated carbocycles. The van der Waals surface area contributed by atoms with Crippen molar-refractivity contribution in [2.24, 2.45) is 0 Å². The molecule has 20 heavy (non-hydrogen) atoms. The summed E-state index contributed by atoms with van der Waals surface area (Å²) >= 11 is 11.4. The van der Waals surface area contributed by atoms with Gasteiger partial charge in [-0.2, -0.15) is 0 Å². The first-order valence-electron chi connectivity index (χ1n) is 5.15. The summed E-state index contributed by atoms with van der Waals surface area (Å²) in [5, 5.41) is 10.6. The van der Waals surface area contributed by atoms with E-state index in [2.05, 4.69) is 0 Å². The molecule has 0 atom stereocenters. The summed E-state index contributed by atoms with van der Waals surface area (Å²) in [4.78, 5) is 21.2. The van der Waals surface area contributed by atoms with Gasteiger partial charge in [-0.1, -0.05) is 23.2 Å². The summed E-state index contributed by atoms with van der Waals surface area (Å²) in [6.07, 6.45) is 0.